The van der Waals surface area contributed by atoms with E-state index in [1.165, 1.54) is 0 Å². The standard InChI is InChI=1S/C8H17N3S/c1-7(2)10-8(12)11-5-3-9-4-6-11/h7,9H,3-6H2,1-2H3,(H,10,12). The molecule has 0 aromatic heterocycles. The molecule has 1 aliphatic rings. The zero-order chi connectivity index (χ0) is 8.97. The van der Waals surface area contributed by atoms with Crippen molar-refractivity contribution in [2.45, 2.75) is 19.9 Å². The van der Waals surface area contributed by atoms with Crippen molar-refractivity contribution in [1.82, 2.24) is 15.5 Å². The average Bonchev–Trinajstić information content (AvgIpc) is 2.05. The van der Waals surface area contributed by atoms with E-state index in [0.29, 0.717) is 6.04 Å². The summed E-state index contributed by atoms with van der Waals surface area (Å²) in [5.41, 5.74) is 0. The summed E-state index contributed by atoms with van der Waals surface area (Å²) in [6.07, 6.45) is 0. The number of nitrogens with zero attached hydrogens (tertiary/aromatic N) is 1. The van der Waals surface area contributed by atoms with Gasteiger partial charge in [0.2, 0.25) is 0 Å². The minimum atomic E-state index is 0.437. The number of piperazine rings is 1. The number of nitrogens with one attached hydrogen (secondary N) is 2. The summed E-state index contributed by atoms with van der Waals surface area (Å²) < 4.78 is 0. The molecule has 0 spiro atoms. The quantitative estimate of drug-likeness (QED) is 0.573. The van der Waals surface area contributed by atoms with Gasteiger partial charge in [-0.2, -0.15) is 0 Å². The summed E-state index contributed by atoms with van der Waals surface area (Å²) in [7, 11) is 0. The molecular formula is C8H17N3S. The molecule has 70 valence electrons. The molecule has 1 saturated heterocycles. The van der Waals surface area contributed by atoms with Crippen molar-refractivity contribution in [3.05, 3.63) is 0 Å². The lowest BCUT2D eigenvalue weighted by molar-refractivity contribution is 0.350. The van der Waals surface area contributed by atoms with Crippen molar-refractivity contribution in [3.63, 3.8) is 0 Å². The van der Waals surface area contributed by atoms with Crippen molar-refractivity contribution in [2.75, 3.05) is 26.2 Å². The van der Waals surface area contributed by atoms with E-state index in [1.807, 2.05) is 0 Å². The van der Waals surface area contributed by atoms with Gasteiger partial charge >= 0.3 is 0 Å². The average molecular weight is 187 g/mol. The first-order valence-electron chi connectivity index (χ1n) is 4.46. The Kier molecular flexibility index (Phi) is 3.75. The van der Waals surface area contributed by atoms with E-state index in [-0.39, 0.29) is 0 Å². The molecule has 1 fully saturated rings. The van der Waals surface area contributed by atoms with E-state index >= 15 is 0 Å². The molecule has 1 heterocycles. The number of hydrogen-bond acceptors (Lipinski definition) is 2. The molecular weight excluding hydrogens is 170 g/mol. The summed E-state index contributed by atoms with van der Waals surface area (Å²) in [6.45, 7) is 8.35. The lowest BCUT2D eigenvalue weighted by Gasteiger charge is -2.30. The van der Waals surface area contributed by atoms with Crippen LogP contribution in [0.3, 0.4) is 0 Å². The van der Waals surface area contributed by atoms with Crippen molar-refractivity contribution in [3.8, 4) is 0 Å². The second-order valence-corrected chi connectivity index (χ2v) is 3.73. The first-order valence-corrected chi connectivity index (χ1v) is 4.87. The normalized spacial score (nSPS) is 18.1. The Morgan fingerprint density at radius 3 is 2.50 bits per heavy atom. The van der Waals surface area contributed by atoms with Gasteiger partial charge in [0.05, 0.1) is 0 Å². The highest BCUT2D eigenvalue weighted by Crippen LogP contribution is 1.94. The molecule has 1 aliphatic heterocycles. The van der Waals surface area contributed by atoms with E-state index in [4.69, 9.17) is 12.2 Å². The SMILES string of the molecule is CC(C)NC(=S)N1CCNCC1. The van der Waals surface area contributed by atoms with Crippen LogP contribution in [0.15, 0.2) is 0 Å². The minimum absolute atomic E-state index is 0.437. The van der Waals surface area contributed by atoms with Gasteiger partial charge in [-0.15, -0.1) is 0 Å². The van der Waals surface area contributed by atoms with Crippen LogP contribution in [0.25, 0.3) is 0 Å². The molecule has 0 radical (unpaired) electrons. The van der Waals surface area contributed by atoms with E-state index in [1.54, 1.807) is 0 Å². The van der Waals surface area contributed by atoms with Crippen molar-refractivity contribution in [1.29, 1.82) is 0 Å². The van der Waals surface area contributed by atoms with E-state index < -0.39 is 0 Å². The summed E-state index contributed by atoms with van der Waals surface area (Å²) in [5, 5.41) is 7.43. The predicted octanol–water partition coefficient (Wildman–Crippen LogP) is 0.174. The smallest absolute Gasteiger partial charge is 0.169 e. The van der Waals surface area contributed by atoms with Crippen molar-refractivity contribution < 1.29 is 0 Å². The zero-order valence-electron chi connectivity index (χ0n) is 7.76. The molecule has 0 saturated carbocycles. The second kappa shape index (κ2) is 4.62. The number of hydrogen-bond donors (Lipinski definition) is 2. The van der Waals surface area contributed by atoms with Gasteiger partial charge in [-0.05, 0) is 26.1 Å². The summed E-state index contributed by atoms with van der Waals surface area (Å²) in [6, 6.07) is 0.437. The predicted molar refractivity (Wildman–Crippen MR) is 55.3 cm³/mol. The van der Waals surface area contributed by atoms with E-state index in [0.717, 1.165) is 31.3 Å². The lowest BCUT2D eigenvalue weighted by Crippen LogP contribution is -2.51. The summed E-state index contributed by atoms with van der Waals surface area (Å²) in [4.78, 5) is 2.21. The third-order valence-corrected chi connectivity index (χ3v) is 2.19. The first-order chi connectivity index (χ1) is 5.70. The maximum atomic E-state index is 5.24. The Hall–Kier alpha value is -0.350. The van der Waals surface area contributed by atoms with Crippen LogP contribution in [-0.2, 0) is 0 Å². The highest BCUT2D eigenvalue weighted by Gasteiger charge is 2.12. The molecule has 1 rings (SSSR count). The second-order valence-electron chi connectivity index (χ2n) is 3.34. The summed E-state index contributed by atoms with van der Waals surface area (Å²) >= 11 is 5.24. The minimum Gasteiger partial charge on any atom is -0.360 e. The lowest BCUT2D eigenvalue weighted by atomic mass is 10.4. The topological polar surface area (TPSA) is 27.3 Å². The Bertz CT molecular complexity index is 152. The van der Waals surface area contributed by atoms with Gasteiger partial charge < -0.3 is 15.5 Å². The molecule has 0 aromatic carbocycles. The van der Waals surface area contributed by atoms with Crippen LogP contribution in [0.4, 0.5) is 0 Å². The van der Waals surface area contributed by atoms with Gasteiger partial charge in [0.1, 0.15) is 0 Å². The number of thiocarbonyl (C=S) groups is 1. The van der Waals surface area contributed by atoms with Crippen LogP contribution >= 0.6 is 12.2 Å². The highest BCUT2D eigenvalue weighted by atomic mass is 32.1. The van der Waals surface area contributed by atoms with Gasteiger partial charge in [-0.1, -0.05) is 0 Å². The van der Waals surface area contributed by atoms with E-state index in [2.05, 4.69) is 29.4 Å². The third kappa shape index (κ3) is 2.95. The molecule has 12 heavy (non-hydrogen) atoms. The van der Waals surface area contributed by atoms with Gasteiger partial charge in [0.25, 0.3) is 0 Å². The van der Waals surface area contributed by atoms with Gasteiger partial charge in [-0.3, -0.25) is 0 Å². The molecule has 0 bridgehead atoms. The van der Waals surface area contributed by atoms with Crippen molar-refractivity contribution >= 4 is 17.3 Å². The largest absolute Gasteiger partial charge is 0.360 e. The van der Waals surface area contributed by atoms with Gasteiger partial charge in [0, 0.05) is 32.2 Å². The molecule has 4 heteroatoms. The third-order valence-electron chi connectivity index (χ3n) is 1.82. The van der Waals surface area contributed by atoms with Crippen LogP contribution in [0.5, 0.6) is 0 Å². The van der Waals surface area contributed by atoms with Crippen LogP contribution in [0.2, 0.25) is 0 Å². The Balaban J connectivity index is 2.30. The van der Waals surface area contributed by atoms with Crippen molar-refractivity contribution in [2.24, 2.45) is 0 Å². The molecule has 0 unspecified atom stereocenters. The Morgan fingerprint density at radius 1 is 1.42 bits per heavy atom. The van der Waals surface area contributed by atoms with Gasteiger partial charge in [0.15, 0.2) is 5.11 Å². The molecule has 0 aromatic rings. The highest BCUT2D eigenvalue weighted by molar-refractivity contribution is 7.80. The molecule has 0 amide bonds. The Labute approximate surface area is 79.5 Å². The van der Waals surface area contributed by atoms with Crippen LogP contribution in [0, 0.1) is 0 Å². The number of rotatable bonds is 1. The molecule has 0 atom stereocenters. The fourth-order valence-corrected chi connectivity index (χ4v) is 1.62. The Morgan fingerprint density at radius 2 is 2.00 bits per heavy atom. The molecule has 3 nitrogen and oxygen atoms in total. The summed E-state index contributed by atoms with van der Waals surface area (Å²) in [5.74, 6) is 0. The van der Waals surface area contributed by atoms with Crippen LogP contribution in [-0.4, -0.2) is 42.2 Å². The fourth-order valence-electron chi connectivity index (χ4n) is 1.21. The van der Waals surface area contributed by atoms with Gasteiger partial charge in [-0.25, -0.2) is 0 Å². The molecule has 0 aliphatic carbocycles. The maximum Gasteiger partial charge on any atom is 0.169 e. The monoisotopic (exact) mass is 187 g/mol. The first kappa shape index (κ1) is 9.74. The van der Waals surface area contributed by atoms with Crippen LogP contribution < -0.4 is 10.6 Å². The molecule has 2 N–H and O–H groups in total. The van der Waals surface area contributed by atoms with E-state index in [9.17, 15) is 0 Å². The zero-order valence-corrected chi connectivity index (χ0v) is 8.58. The fraction of sp³-hybridized carbons (Fsp3) is 0.875. The maximum absolute atomic E-state index is 5.24. The van der Waals surface area contributed by atoms with Crippen LogP contribution in [0.1, 0.15) is 13.8 Å².